The van der Waals surface area contributed by atoms with Crippen molar-refractivity contribution in [1.82, 2.24) is 24.5 Å². The first-order valence-electron chi connectivity index (χ1n) is 5.95. The maximum Gasteiger partial charge on any atom is 0.277 e. The third kappa shape index (κ3) is 2.75. The second kappa shape index (κ2) is 5.76. The van der Waals surface area contributed by atoms with Crippen molar-refractivity contribution in [1.29, 1.82) is 0 Å². The Bertz CT molecular complexity index is 687. The summed E-state index contributed by atoms with van der Waals surface area (Å²) in [7, 11) is 1.85. The SMILES string of the molecule is CC(C)c1nnc(CNC(=O)c2s[nH]c(=O)c2Cl)n1C. The Morgan fingerprint density at radius 3 is 2.70 bits per heavy atom. The number of amides is 1. The van der Waals surface area contributed by atoms with E-state index in [1.807, 2.05) is 25.5 Å². The van der Waals surface area contributed by atoms with Gasteiger partial charge in [0.2, 0.25) is 0 Å². The van der Waals surface area contributed by atoms with Crippen molar-refractivity contribution in [2.75, 3.05) is 0 Å². The molecule has 9 heteroatoms. The largest absolute Gasteiger partial charge is 0.344 e. The molecule has 1 amide bonds. The van der Waals surface area contributed by atoms with E-state index in [2.05, 4.69) is 19.9 Å². The number of nitrogens with one attached hydrogen (secondary N) is 2. The first-order chi connectivity index (χ1) is 9.41. The zero-order chi connectivity index (χ0) is 14.9. The van der Waals surface area contributed by atoms with Crippen molar-refractivity contribution < 1.29 is 4.79 Å². The maximum absolute atomic E-state index is 11.9. The average Bonchev–Trinajstić information content (AvgIpc) is 2.92. The lowest BCUT2D eigenvalue weighted by Crippen LogP contribution is -2.24. The van der Waals surface area contributed by atoms with E-state index < -0.39 is 11.5 Å². The molecule has 0 unspecified atom stereocenters. The van der Waals surface area contributed by atoms with Crippen LogP contribution in [-0.4, -0.2) is 25.0 Å². The lowest BCUT2D eigenvalue weighted by molar-refractivity contribution is 0.0953. The third-order valence-electron chi connectivity index (χ3n) is 2.77. The van der Waals surface area contributed by atoms with E-state index in [0.717, 1.165) is 17.4 Å². The van der Waals surface area contributed by atoms with Gasteiger partial charge in [0.1, 0.15) is 15.7 Å². The predicted molar refractivity (Wildman–Crippen MR) is 76.2 cm³/mol. The molecule has 2 N–H and O–H groups in total. The van der Waals surface area contributed by atoms with Gasteiger partial charge < -0.3 is 9.88 Å². The van der Waals surface area contributed by atoms with Crippen LogP contribution in [0.3, 0.4) is 0 Å². The summed E-state index contributed by atoms with van der Waals surface area (Å²) in [6, 6.07) is 0. The van der Waals surface area contributed by atoms with Crippen LogP contribution in [0.2, 0.25) is 5.02 Å². The van der Waals surface area contributed by atoms with Gasteiger partial charge in [-0.05, 0) is 0 Å². The van der Waals surface area contributed by atoms with E-state index in [-0.39, 0.29) is 22.4 Å². The Hall–Kier alpha value is -1.67. The fourth-order valence-electron chi connectivity index (χ4n) is 1.71. The third-order valence-corrected chi connectivity index (χ3v) is 4.13. The highest BCUT2D eigenvalue weighted by Gasteiger charge is 2.17. The highest BCUT2D eigenvalue weighted by atomic mass is 35.5. The van der Waals surface area contributed by atoms with Crippen LogP contribution >= 0.6 is 23.1 Å². The molecule has 0 saturated heterocycles. The fraction of sp³-hybridized carbons (Fsp3) is 0.455. The highest BCUT2D eigenvalue weighted by Crippen LogP contribution is 2.15. The van der Waals surface area contributed by atoms with Crippen LogP contribution in [-0.2, 0) is 13.6 Å². The Kier molecular flexibility index (Phi) is 4.24. The number of hydrogen-bond donors (Lipinski definition) is 2. The molecule has 20 heavy (non-hydrogen) atoms. The highest BCUT2D eigenvalue weighted by molar-refractivity contribution is 7.08. The number of aromatic nitrogens is 4. The monoisotopic (exact) mass is 315 g/mol. The molecule has 0 bridgehead atoms. The minimum atomic E-state index is -0.456. The second-order valence-corrected chi connectivity index (χ2v) is 5.74. The molecular formula is C11H14ClN5O2S. The van der Waals surface area contributed by atoms with Gasteiger partial charge in [-0.15, -0.1) is 10.2 Å². The van der Waals surface area contributed by atoms with Crippen molar-refractivity contribution in [3.05, 3.63) is 31.9 Å². The van der Waals surface area contributed by atoms with Gasteiger partial charge in [-0.1, -0.05) is 37.0 Å². The zero-order valence-electron chi connectivity index (χ0n) is 11.2. The number of aromatic amines is 1. The summed E-state index contributed by atoms with van der Waals surface area (Å²) in [5, 5.41) is 10.7. The summed E-state index contributed by atoms with van der Waals surface area (Å²) in [5.41, 5.74) is -0.456. The molecule has 0 atom stereocenters. The van der Waals surface area contributed by atoms with Gasteiger partial charge in [0, 0.05) is 13.0 Å². The van der Waals surface area contributed by atoms with Gasteiger partial charge in [-0.25, -0.2) is 0 Å². The van der Waals surface area contributed by atoms with Crippen molar-refractivity contribution in [2.24, 2.45) is 7.05 Å². The smallest absolute Gasteiger partial charge is 0.277 e. The van der Waals surface area contributed by atoms with Crippen molar-refractivity contribution in [3.8, 4) is 0 Å². The Morgan fingerprint density at radius 2 is 2.20 bits per heavy atom. The number of H-pyrrole nitrogens is 1. The molecule has 2 rings (SSSR count). The molecule has 0 radical (unpaired) electrons. The first-order valence-corrected chi connectivity index (χ1v) is 7.14. The lowest BCUT2D eigenvalue weighted by Gasteiger charge is -2.06. The fourth-order valence-corrected chi connectivity index (χ4v) is 2.66. The molecule has 0 aromatic carbocycles. The Morgan fingerprint density at radius 1 is 1.50 bits per heavy atom. The van der Waals surface area contributed by atoms with Crippen molar-refractivity contribution in [3.63, 3.8) is 0 Å². The molecular weight excluding hydrogens is 302 g/mol. The molecule has 0 spiro atoms. The summed E-state index contributed by atoms with van der Waals surface area (Å²) in [4.78, 5) is 23.2. The number of rotatable bonds is 4. The topological polar surface area (TPSA) is 92.7 Å². The van der Waals surface area contributed by atoms with Crippen LogP contribution in [0, 0.1) is 0 Å². The number of hydrogen-bond acceptors (Lipinski definition) is 5. The number of nitrogens with zero attached hydrogens (tertiary/aromatic N) is 3. The van der Waals surface area contributed by atoms with Gasteiger partial charge in [-0.2, -0.15) is 0 Å². The van der Waals surface area contributed by atoms with E-state index in [0.29, 0.717) is 5.82 Å². The van der Waals surface area contributed by atoms with E-state index in [9.17, 15) is 9.59 Å². The summed E-state index contributed by atoms with van der Waals surface area (Å²) >= 11 is 6.64. The summed E-state index contributed by atoms with van der Waals surface area (Å²) < 4.78 is 4.25. The van der Waals surface area contributed by atoms with Crippen LogP contribution in [0.4, 0.5) is 0 Å². The van der Waals surface area contributed by atoms with Gasteiger partial charge in [0.15, 0.2) is 5.82 Å². The van der Waals surface area contributed by atoms with Crippen LogP contribution in [0.5, 0.6) is 0 Å². The molecule has 2 aromatic rings. The van der Waals surface area contributed by atoms with Crippen molar-refractivity contribution in [2.45, 2.75) is 26.3 Å². The summed E-state index contributed by atoms with van der Waals surface area (Å²) in [5.74, 6) is 1.33. The second-order valence-electron chi connectivity index (χ2n) is 4.55. The minimum Gasteiger partial charge on any atom is -0.344 e. The van der Waals surface area contributed by atoms with Crippen LogP contribution in [0.1, 0.15) is 41.1 Å². The van der Waals surface area contributed by atoms with Gasteiger partial charge in [-0.3, -0.25) is 14.0 Å². The number of carbonyl (C=O) groups is 1. The molecule has 7 nitrogen and oxygen atoms in total. The van der Waals surface area contributed by atoms with Crippen LogP contribution < -0.4 is 10.9 Å². The normalized spacial score (nSPS) is 11.1. The maximum atomic E-state index is 11.9. The van der Waals surface area contributed by atoms with Crippen molar-refractivity contribution >= 4 is 29.0 Å². The quantitative estimate of drug-likeness (QED) is 0.888. The molecule has 0 fully saturated rings. The molecule has 0 aliphatic carbocycles. The van der Waals surface area contributed by atoms with Crippen LogP contribution in [0.15, 0.2) is 4.79 Å². The van der Waals surface area contributed by atoms with Gasteiger partial charge in [0.05, 0.1) is 6.54 Å². The van der Waals surface area contributed by atoms with E-state index in [1.165, 1.54) is 0 Å². The summed E-state index contributed by atoms with van der Waals surface area (Å²) in [6.07, 6.45) is 0. The predicted octanol–water partition coefficient (Wildman–Crippen LogP) is 1.27. The Balaban J connectivity index is 2.08. The summed E-state index contributed by atoms with van der Waals surface area (Å²) in [6.45, 7) is 4.25. The van der Waals surface area contributed by atoms with E-state index in [1.54, 1.807) is 0 Å². The van der Waals surface area contributed by atoms with Crippen LogP contribution in [0.25, 0.3) is 0 Å². The van der Waals surface area contributed by atoms with E-state index >= 15 is 0 Å². The molecule has 108 valence electrons. The molecule has 0 saturated carbocycles. The first kappa shape index (κ1) is 14.7. The van der Waals surface area contributed by atoms with Gasteiger partial charge >= 0.3 is 0 Å². The average molecular weight is 316 g/mol. The molecule has 0 aliphatic rings. The minimum absolute atomic E-state index is 0.0895. The standard InChI is InChI=1S/C11H14ClN5O2S/c1-5(2)9-15-14-6(17(9)3)4-13-11(19)8-7(12)10(18)16-20-8/h5H,4H2,1-3H3,(H,13,19)(H,16,18). The molecule has 2 aromatic heterocycles. The number of carbonyl (C=O) groups excluding carboxylic acids is 1. The lowest BCUT2D eigenvalue weighted by atomic mass is 10.2. The zero-order valence-corrected chi connectivity index (χ0v) is 12.8. The number of halogens is 1. The molecule has 0 aliphatic heterocycles. The van der Waals surface area contributed by atoms with E-state index in [4.69, 9.17) is 11.6 Å². The Labute approximate surface area is 124 Å². The molecule has 2 heterocycles. The van der Waals surface area contributed by atoms with Gasteiger partial charge in [0.25, 0.3) is 11.5 Å².